The van der Waals surface area contributed by atoms with E-state index in [1.54, 1.807) is 18.2 Å². The number of imidazole rings is 1. The van der Waals surface area contributed by atoms with E-state index in [1.165, 1.54) is 12.1 Å². The maximum absolute atomic E-state index is 13.6. The number of amides is 1. The summed E-state index contributed by atoms with van der Waals surface area (Å²) in [7, 11) is 0. The van der Waals surface area contributed by atoms with Crippen molar-refractivity contribution in [2.24, 2.45) is 0 Å². The van der Waals surface area contributed by atoms with Crippen molar-refractivity contribution in [3.63, 3.8) is 0 Å². The minimum atomic E-state index is -0.504. The van der Waals surface area contributed by atoms with E-state index in [2.05, 4.69) is 10.3 Å². The zero-order valence-corrected chi connectivity index (χ0v) is 14.3. The van der Waals surface area contributed by atoms with Gasteiger partial charge in [-0.1, -0.05) is 36.4 Å². The van der Waals surface area contributed by atoms with Gasteiger partial charge in [-0.2, -0.15) is 0 Å². The third kappa shape index (κ3) is 3.64. The van der Waals surface area contributed by atoms with E-state index in [4.69, 9.17) is 4.74 Å². The molecule has 2 heterocycles. The number of nitrogens with one attached hydrogen (secondary N) is 1. The molecule has 0 bridgehead atoms. The Hall–Kier alpha value is -3.67. The van der Waals surface area contributed by atoms with E-state index < -0.39 is 5.82 Å². The second-order valence-corrected chi connectivity index (χ2v) is 5.91. The van der Waals surface area contributed by atoms with E-state index >= 15 is 0 Å². The summed E-state index contributed by atoms with van der Waals surface area (Å²) >= 11 is 0. The average molecular weight is 361 g/mol. The minimum absolute atomic E-state index is 0.0429. The molecule has 0 unspecified atom stereocenters. The van der Waals surface area contributed by atoms with Crippen LogP contribution in [0.4, 0.5) is 10.1 Å². The van der Waals surface area contributed by atoms with Crippen molar-refractivity contribution in [2.45, 2.75) is 0 Å². The number of carbonyl (C=O) groups excluding carboxylic acids is 1. The minimum Gasteiger partial charge on any atom is -0.481 e. The van der Waals surface area contributed by atoms with Crippen LogP contribution in [-0.4, -0.2) is 21.9 Å². The number of pyridine rings is 1. The molecule has 27 heavy (non-hydrogen) atoms. The Balaban J connectivity index is 1.52. The van der Waals surface area contributed by atoms with Crippen LogP contribution in [0.3, 0.4) is 0 Å². The molecule has 0 spiro atoms. The van der Waals surface area contributed by atoms with Gasteiger partial charge >= 0.3 is 0 Å². The van der Waals surface area contributed by atoms with Gasteiger partial charge in [-0.25, -0.2) is 9.37 Å². The second-order valence-electron chi connectivity index (χ2n) is 5.91. The number of halogens is 1. The number of benzene rings is 2. The van der Waals surface area contributed by atoms with Crippen LogP contribution < -0.4 is 10.1 Å². The normalized spacial score (nSPS) is 10.7. The summed E-state index contributed by atoms with van der Waals surface area (Å²) in [6.45, 7) is -0.291. The predicted octanol–water partition coefficient (Wildman–Crippen LogP) is 4.16. The lowest BCUT2D eigenvalue weighted by Gasteiger charge is -2.10. The Morgan fingerprint density at radius 2 is 1.81 bits per heavy atom. The van der Waals surface area contributed by atoms with Crippen LogP contribution in [0.1, 0.15) is 0 Å². The van der Waals surface area contributed by atoms with E-state index in [0.29, 0.717) is 5.69 Å². The predicted molar refractivity (Wildman–Crippen MR) is 101 cm³/mol. The van der Waals surface area contributed by atoms with Crippen LogP contribution in [0.2, 0.25) is 0 Å². The first-order chi connectivity index (χ1) is 13.2. The van der Waals surface area contributed by atoms with Gasteiger partial charge in [0.05, 0.1) is 11.4 Å². The molecule has 1 amide bonds. The van der Waals surface area contributed by atoms with Crippen LogP contribution in [0.5, 0.6) is 5.75 Å². The first-order valence-electron chi connectivity index (χ1n) is 8.41. The standard InChI is InChI=1S/C21H16FN3O2/c22-16-8-2-4-10-19(16)27-14-21(26)24-17-9-3-1-7-15(17)18-13-25-12-6-5-11-20(25)23-18/h1-13H,14H2,(H,24,26). The maximum atomic E-state index is 13.6. The molecule has 0 saturated carbocycles. The fourth-order valence-corrected chi connectivity index (χ4v) is 2.77. The van der Waals surface area contributed by atoms with E-state index in [0.717, 1.165) is 16.9 Å². The van der Waals surface area contributed by atoms with Gasteiger partial charge in [0.15, 0.2) is 18.2 Å². The van der Waals surface area contributed by atoms with Crippen molar-refractivity contribution in [1.82, 2.24) is 9.38 Å². The summed E-state index contributed by atoms with van der Waals surface area (Å²) in [4.78, 5) is 16.9. The molecule has 1 N–H and O–H groups in total. The van der Waals surface area contributed by atoms with E-state index in [-0.39, 0.29) is 18.3 Å². The lowest BCUT2D eigenvalue weighted by Crippen LogP contribution is -2.20. The Morgan fingerprint density at radius 3 is 2.67 bits per heavy atom. The maximum Gasteiger partial charge on any atom is 0.262 e. The molecule has 0 saturated heterocycles. The zero-order chi connectivity index (χ0) is 18.6. The van der Waals surface area contributed by atoms with Gasteiger partial charge in [0.2, 0.25) is 0 Å². The number of fused-ring (bicyclic) bond motifs is 1. The highest BCUT2D eigenvalue weighted by atomic mass is 19.1. The number of rotatable bonds is 5. The van der Waals surface area contributed by atoms with E-state index in [9.17, 15) is 9.18 Å². The average Bonchev–Trinajstić information content (AvgIpc) is 3.12. The molecule has 4 rings (SSSR count). The number of aromatic nitrogens is 2. The summed E-state index contributed by atoms with van der Waals surface area (Å²) in [6, 6.07) is 19.1. The molecule has 134 valence electrons. The Bertz CT molecular complexity index is 1070. The number of ether oxygens (including phenoxy) is 1. The summed E-state index contributed by atoms with van der Waals surface area (Å²) < 4.78 is 20.8. The number of anilines is 1. The molecule has 6 heteroatoms. The summed E-state index contributed by atoms with van der Waals surface area (Å²) in [5.41, 5.74) is 2.96. The first kappa shape index (κ1) is 16.8. The van der Waals surface area contributed by atoms with Crippen LogP contribution in [0, 0.1) is 5.82 Å². The molecule has 0 fully saturated rings. The van der Waals surface area contributed by atoms with Crippen LogP contribution in [-0.2, 0) is 4.79 Å². The molecular formula is C21H16FN3O2. The topological polar surface area (TPSA) is 55.6 Å². The highest BCUT2D eigenvalue weighted by Gasteiger charge is 2.12. The molecule has 0 atom stereocenters. The van der Waals surface area contributed by atoms with Gasteiger partial charge in [-0.3, -0.25) is 4.79 Å². The molecule has 2 aromatic heterocycles. The highest BCUT2D eigenvalue weighted by Crippen LogP contribution is 2.27. The monoisotopic (exact) mass is 361 g/mol. The zero-order valence-electron chi connectivity index (χ0n) is 14.3. The molecule has 0 aliphatic heterocycles. The molecule has 2 aromatic carbocycles. The highest BCUT2D eigenvalue weighted by molar-refractivity contribution is 5.96. The van der Waals surface area contributed by atoms with Crippen molar-refractivity contribution in [3.8, 4) is 17.0 Å². The quantitative estimate of drug-likeness (QED) is 0.581. The van der Waals surface area contributed by atoms with Gasteiger partial charge in [-0.15, -0.1) is 0 Å². The molecular weight excluding hydrogens is 345 g/mol. The van der Waals surface area contributed by atoms with E-state index in [1.807, 2.05) is 53.2 Å². The Kier molecular flexibility index (Phi) is 4.53. The second kappa shape index (κ2) is 7.29. The number of para-hydroxylation sites is 2. The third-order valence-electron chi connectivity index (χ3n) is 4.04. The van der Waals surface area contributed by atoms with Gasteiger partial charge in [-0.05, 0) is 30.3 Å². The summed E-state index contributed by atoms with van der Waals surface area (Å²) in [5, 5.41) is 2.81. The van der Waals surface area contributed by atoms with Gasteiger partial charge in [0, 0.05) is 18.0 Å². The van der Waals surface area contributed by atoms with Crippen molar-refractivity contribution < 1.29 is 13.9 Å². The SMILES string of the molecule is O=C(COc1ccccc1F)Nc1ccccc1-c1cn2ccccc2n1. The number of hydrogen-bond acceptors (Lipinski definition) is 3. The summed E-state index contributed by atoms with van der Waals surface area (Å²) in [5.74, 6) is -0.842. The smallest absolute Gasteiger partial charge is 0.262 e. The van der Waals surface area contributed by atoms with Gasteiger partial charge < -0.3 is 14.5 Å². The Morgan fingerprint density at radius 1 is 1.04 bits per heavy atom. The lowest BCUT2D eigenvalue weighted by molar-refractivity contribution is -0.118. The van der Waals surface area contributed by atoms with Crippen molar-refractivity contribution in [1.29, 1.82) is 0 Å². The largest absolute Gasteiger partial charge is 0.481 e. The Labute approximate surface area is 155 Å². The number of hydrogen-bond donors (Lipinski definition) is 1. The van der Waals surface area contributed by atoms with Gasteiger partial charge in [0.1, 0.15) is 5.65 Å². The molecule has 0 aliphatic rings. The first-order valence-corrected chi connectivity index (χ1v) is 8.41. The van der Waals surface area contributed by atoms with Crippen molar-refractivity contribution in [2.75, 3.05) is 11.9 Å². The molecule has 5 nitrogen and oxygen atoms in total. The number of carbonyl (C=O) groups is 1. The third-order valence-corrected chi connectivity index (χ3v) is 4.04. The van der Waals surface area contributed by atoms with Gasteiger partial charge in [0.25, 0.3) is 5.91 Å². The van der Waals surface area contributed by atoms with Crippen LogP contribution >= 0.6 is 0 Å². The number of nitrogens with zero attached hydrogens (tertiary/aromatic N) is 2. The molecule has 0 radical (unpaired) electrons. The van der Waals surface area contributed by atoms with Crippen LogP contribution in [0.15, 0.2) is 79.1 Å². The summed E-state index contributed by atoms with van der Waals surface area (Å²) in [6.07, 6.45) is 3.81. The molecule has 4 aromatic rings. The van der Waals surface area contributed by atoms with Crippen LogP contribution in [0.25, 0.3) is 16.9 Å². The fraction of sp³-hybridized carbons (Fsp3) is 0.0476. The fourth-order valence-electron chi connectivity index (χ4n) is 2.77. The van der Waals surface area contributed by atoms with Crippen molar-refractivity contribution >= 4 is 17.2 Å². The van der Waals surface area contributed by atoms with Crippen molar-refractivity contribution in [3.05, 3.63) is 84.9 Å². The lowest BCUT2D eigenvalue weighted by atomic mass is 10.1. The molecule has 0 aliphatic carbocycles.